The molecule has 0 radical (unpaired) electrons. The summed E-state index contributed by atoms with van der Waals surface area (Å²) in [5, 5.41) is 19.2. The molecular formula is C43H49ClF2N2O7. The Morgan fingerprint density at radius 2 is 1.05 bits per heavy atom. The van der Waals surface area contributed by atoms with Gasteiger partial charge in [-0.1, -0.05) is 60.1 Å². The molecule has 2 amide bonds. The number of carbonyl (C=O) groups is 2. The van der Waals surface area contributed by atoms with E-state index < -0.39 is 23.4 Å². The van der Waals surface area contributed by atoms with E-state index in [1.54, 1.807) is 53.3 Å². The quantitative estimate of drug-likeness (QED) is 0.139. The van der Waals surface area contributed by atoms with Gasteiger partial charge in [-0.2, -0.15) is 0 Å². The third-order valence-electron chi connectivity index (χ3n) is 10.7. The van der Waals surface area contributed by atoms with Crippen LogP contribution in [0.1, 0.15) is 86.7 Å². The maximum atomic E-state index is 13.4. The molecule has 4 unspecified atom stereocenters. The average molecular weight is 779 g/mol. The van der Waals surface area contributed by atoms with Crippen LogP contribution in [-0.4, -0.2) is 65.6 Å². The van der Waals surface area contributed by atoms with Crippen molar-refractivity contribution in [2.24, 2.45) is 0 Å². The first kappa shape index (κ1) is 41.5. The number of carbonyl (C=O) groups excluding carboxylic acids is 2. The average Bonchev–Trinajstić information content (AvgIpc) is 3.20. The van der Waals surface area contributed by atoms with Gasteiger partial charge in [0, 0.05) is 44.2 Å². The Labute approximate surface area is 326 Å². The Hall–Kier alpha value is -4.71. The number of aliphatic hydroxyl groups is 2. The predicted molar refractivity (Wildman–Crippen MR) is 206 cm³/mol. The number of benzene rings is 4. The lowest BCUT2D eigenvalue weighted by atomic mass is 9.84. The zero-order valence-corrected chi connectivity index (χ0v) is 32.2. The highest BCUT2D eigenvalue weighted by Gasteiger charge is 2.44. The summed E-state index contributed by atoms with van der Waals surface area (Å²) in [6, 6.07) is 26.8. The number of nitrogens with zero attached hydrogens (tertiary/aromatic N) is 2. The van der Waals surface area contributed by atoms with Gasteiger partial charge in [-0.15, -0.1) is 0 Å². The van der Waals surface area contributed by atoms with E-state index in [1.807, 2.05) is 50.2 Å². The van der Waals surface area contributed by atoms with Crippen LogP contribution in [0.15, 0.2) is 97.1 Å². The number of hydrogen-bond donors (Lipinski definition) is 2. The summed E-state index contributed by atoms with van der Waals surface area (Å²) >= 11 is 5.94. The first-order valence-corrected chi connectivity index (χ1v) is 18.9. The molecule has 4 aromatic rings. The molecule has 4 atom stereocenters. The molecule has 0 spiro atoms. The molecule has 4 aromatic carbocycles. The standard InChI is InChI=1S/C22H26FNO4.C21H23ClFNO3/c1-16(17-4-10-20(27-2)11-5-17)24-14-13-22(12-3-15-25,28-21(24)26)18-6-8-19(23)9-7-18;1-15(16-3-7-18(22)8-4-16)24-13-12-21(11-2-14-25,27-20(24)26)17-5-9-19(23)10-6-17/h4-11,16,25H,3,12-15H2,1-2H3;3-10,15,25H,2,11-14H2,1H3. The fraction of sp³-hybridized carbons (Fsp3) is 0.395. The minimum absolute atomic E-state index is 0.00534. The van der Waals surface area contributed by atoms with Crippen LogP contribution < -0.4 is 4.74 Å². The van der Waals surface area contributed by atoms with E-state index in [-0.39, 0.29) is 36.9 Å². The summed E-state index contributed by atoms with van der Waals surface area (Å²) in [7, 11) is 1.61. The zero-order valence-electron chi connectivity index (χ0n) is 31.4. The normalized spacial score (nSPS) is 20.8. The van der Waals surface area contributed by atoms with Crippen LogP contribution in [0.25, 0.3) is 0 Å². The van der Waals surface area contributed by atoms with Crippen LogP contribution in [0.2, 0.25) is 5.02 Å². The Morgan fingerprint density at radius 1 is 0.673 bits per heavy atom. The Kier molecular flexibility index (Phi) is 14.1. The Bertz CT molecular complexity index is 1850. The van der Waals surface area contributed by atoms with E-state index in [0.717, 1.165) is 28.0 Å². The number of cyclic esters (lactones) is 2. The molecule has 55 heavy (non-hydrogen) atoms. The third kappa shape index (κ3) is 9.94. The predicted octanol–water partition coefficient (Wildman–Crippen LogP) is 9.46. The lowest BCUT2D eigenvalue weighted by Gasteiger charge is -2.43. The van der Waals surface area contributed by atoms with Gasteiger partial charge >= 0.3 is 12.2 Å². The van der Waals surface area contributed by atoms with E-state index in [9.17, 15) is 28.6 Å². The van der Waals surface area contributed by atoms with Gasteiger partial charge < -0.3 is 34.2 Å². The Balaban J connectivity index is 0.000000211. The third-order valence-corrected chi connectivity index (χ3v) is 10.9. The van der Waals surface area contributed by atoms with Gasteiger partial charge in [0.05, 0.1) is 19.2 Å². The molecule has 2 aliphatic heterocycles. The number of methoxy groups -OCH3 is 1. The summed E-state index contributed by atoms with van der Waals surface area (Å²) in [5.74, 6) is 0.0885. The van der Waals surface area contributed by atoms with Crippen molar-refractivity contribution in [3.8, 4) is 5.75 Å². The fourth-order valence-electron chi connectivity index (χ4n) is 7.31. The first-order valence-electron chi connectivity index (χ1n) is 18.6. The number of ether oxygens (including phenoxy) is 3. The minimum atomic E-state index is -0.844. The molecule has 294 valence electrons. The van der Waals surface area contributed by atoms with Crippen LogP contribution in [0.5, 0.6) is 5.75 Å². The lowest BCUT2D eigenvalue weighted by Crippen LogP contribution is -2.48. The maximum absolute atomic E-state index is 13.4. The monoisotopic (exact) mass is 778 g/mol. The lowest BCUT2D eigenvalue weighted by molar-refractivity contribution is -0.0685. The largest absolute Gasteiger partial charge is 0.497 e. The first-order chi connectivity index (χ1) is 26.4. The van der Waals surface area contributed by atoms with Gasteiger partial charge in [-0.3, -0.25) is 0 Å². The summed E-state index contributed by atoms with van der Waals surface area (Å²) in [5.41, 5.74) is 1.79. The smallest absolute Gasteiger partial charge is 0.411 e. The number of rotatable bonds is 13. The number of amides is 2. The van der Waals surface area contributed by atoms with Crippen LogP contribution >= 0.6 is 11.6 Å². The van der Waals surface area contributed by atoms with Crippen molar-refractivity contribution in [2.45, 2.75) is 75.7 Å². The minimum Gasteiger partial charge on any atom is -0.497 e. The van der Waals surface area contributed by atoms with Gasteiger partial charge in [-0.25, -0.2) is 18.4 Å². The molecular weight excluding hydrogens is 730 g/mol. The second-order valence-corrected chi connectivity index (χ2v) is 14.4. The van der Waals surface area contributed by atoms with Crippen molar-refractivity contribution >= 4 is 23.8 Å². The number of hydrogen-bond acceptors (Lipinski definition) is 7. The number of halogens is 3. The van der Waals surface area contributed by atoms with Crippen LogP contribution in [0.3, 0.4) is 0 Å². The summed E-state index contributed by atoms with van der Waals surface area (Å²) in [6.07, 6.45) is 2.31. The van der Waals surface area contributed by atoms with Crippen LogP contribution in [-0.2, 0) is 20.7 Å². The van der Waals surface area contributed by atoms with Crippen LogP contribution in [0.4, 0.5) is 18.4 Å². The van der Waals surface area contributed by atoms with Crippen molar-refractivity contribution < 1.29 is 42.8 Å². The molecule has 0 aromatic heterocycles. The van der Waals surface area contributed by atoms with E-state index in [1.165, 1.54) is 24.3 Å². The summed E-state index contributed by atoms with van der Waals surface area (Å²) in [4.78, 5) is 29.1. The van der Waals surface area contributed by atoms with Crippen molar-refractivity contribution in [1.82, 2.24) is 9.80 Å². The van der Waals surface area contributed by atoms with E-state index >= 15 is 0 Å². The maximum Gasteiger partial charge on any atom is 0.411 e. The van der Waals surface area contributed by atoms with Gasteiger partial charge in [0.25, 0.3) is 0 Å². The molecule has 2 heterocycles. The molecule has 9 nitrogen and oxygen atoms in total. The van der Waals surface area contributed by atoms with Gasteiger partial charge in [0.1, 0.15) is 28.6 Å². The summed E-state index contributed by atoms with van der Waals surface area (Å²) in [6.45, 7) is 4.93. The molecule has 0 bridgehead atoms. The van der Waals surface area contributed by atoms with Crippen LogP contribution in [0, 0.1) is 11.6 Å². The molecule has 6 rings (SSSR count). The van der Waals surface area contributed by atoms with Gasteiger partial charge in [-0.05, 0) is 110 Å². The molecule has 2 N–H and O–H groups in total. The second-order valence-electron chi connectivity index (χ2n) is 14.0. The molecule has 0 aliphatic carbocycles. The molecule has 2 fully saturated rings. The zero-order chi connectivity index (χ0) is 39.6. The van der Waals surface area contributed by atoms with E-state index in [0.29, 0.717) is 56.6 Å². The van der Waals surface area contributed by atoms with Crippen molar-refractivity contribution in [3.05, 3.63) is 136 Å². The molecule has 2 saturated heterocycles. The van der Waals surface area contributed by atoms with Crippen molar-refractivity contribution in [2.75, 3.05) is 33.4 Å². The second kappa shape index (κ2) is 18.8. The van der Waals surface area contributed by atoms with E-state index in [2.05, 4.69) is 0 Å². The number of aliphatic hydroxyl groups excluding tert-OH is 2. The summed E-state index contributed by atoms with van der Waals surface area (Å²) < 4.78 is 43.7. The highest BCUT2D eigenvalue weighted by atomic mass is 35.5. The molecule has 2 aliphatic rings. The SMILES string of the molecule is CC(c1ccc(Cl)cc1)N1CCC(CCCO)(c2ccc(F)cc2)OC1=O.COc1ccc(C(C)N2CCC(CCCO)(c3ccc(F)cc3)OC2=O)cc1. The van der Waals surface area contributed by atoms with Gasteiger partial charge in [0.2, 0.25) is 0 Å². The van der Waals surface area contributed by atoms with Gasteiger partial charge in [0.15, 0.2) is 0 Å². The topological polar surface area (TPSA) is 109 Å². The molecule has 0 saturated carbocycles. The Morgan fingerprint density at radius 3 is 1.40 bits per heavy atom. The highest BCUT2D eigenvalue weighted by molar-refractivity contribution is 6.30. The molecule has 12 heteroatoms. The van der Waals surface area contributed by atoms with Crippen molar-refractivity contribution in [3.63, 3.8) is 0 Å². The highest BCUT2D eigenvalue weighted by Crippen LogP contribution is 2.42. The van der Waals surface area contributed by atoms with Crippen molar-refractivity contribution in [1.29, 1.82) is 0 Å². The fourth-order valence-corrected chi connectivity index (χ4v) is 7.44. The van der Waals surface area contributed by atoms with E-state index in [4.69, 9.17) is 25.8 Å².